The summed E-state index contributed by atoms with van der Waals surface area (Å²) >= 11 is 12.2. The van der Waals surface area contributed by atoms with Crippen molar-refractivity contribution in [3.05, 3.63) is 81.8 Å². The lowest BCUT2D eigenvalue weighted by molar-refractivity contribution is 0.0697. The van der Waals surface area contributed by atoms with E-state index in [1.165, 1.54) is 18.4 Å². The molecular formula is C28H27Cl2N3O3. The molecule has 1 aliphatic heterocycles. The Balaban J connectivity index is 1.08. The van der Waals surface area contributed by atoms with Crippen LogP contribution in [0.1, 0.15) is 35.2 Å². The van der Waals surface area contributed by atoms with Crippen molar-refractivity contribution in [1.82, 2.24) is 14.9 Å². The van der Waals surface area contributed by atoms with Crippen LogP contribution in [0.4, 0.5) is 0 Å². The zero-order valence-electron chi connectivity index (χ0n) is 19.7. The third-order valence-electron chi connectivity index (χ3n) is 6.75. The number of aromatic carboxylic acids is 1. The molecule has 0 amide bonds. The first kappa shape index (κ1) is 24.6. The average molecular weight is 524 g/mol. The average Bonchev–Trinajstić information content (AvgIpc) is 3.31. The number of aromatic nitrogens is 2. The first-order valence-corrected chi connectivity index (χ1v) is 12.8. The summed E-state index contributed by atoms with van der Waals surface area (Å²) in [7, 11) is 0. The second-order valence-electron chi connectivity index (χ2n) is 9.25. The van der Waals surface area contributed by atoms with Gasteiger partial charge in [-0.3, -0.25) is 4.90 Å². The van der Waals surface area contributed by atoms with Crippen LogP contribution in [-0.2, 0) is 6.54 Å². The van der Waals surface area contributed by atoms with E-state index in [2.05, 4.69) is 14.9 Å². The maximum Gasteiger partial charge on any atom is 0.335 e. The highest BCUT2D eigenvalue weighted by atomic mass is 35.5. The highest BCUT2D eigenvalue weighted by molar-refractivity contribution is 6.42. The highest BCUT2D eigenvalue weighted by Gasteiger charge is 2.19. The molecule has 4 aromatic rings. The number of hydrogen-bond acceptors (Lipinski definition) is 4. The quantitative estimate of drug-likeness (QED) is 0.262. The van der Waals surface area contributed by atoms with Gasteiger partial charge in [0.15, 0.2) is 0 Å². The zero-order valence-corrected chi connectivity index (χ0v) is 21.2. The standard InChI is InChI=1S/C28H27Cl2N3O3/c29-23-7-1-19(15-24(23)30)17-33-12-9-18(10-13-33)11-14-36-22-5-2-20(3-6-22)27-31-25-8-4-21(28(34)35)16-26(25)32-27/h1-8,15-16,18H,9-14,17H2,(H,31,32)(H,34,35). The van der Waals surface area contributed by atoms with Crippen molar-refractivity contribution < 1.29 is 14.6 Å². The summed E-state index contributed by atoms with van der Waals surface area (Å²) in [5.74, 6) is 1.25. The number of benzene rings is 3. The molecule has 2 N–H and O–H groups in total. The molecule has 1 aliphatic rings. The second-order valence-corrected chi connectivity index (χ2v) is 10.1. The molecule has 1 aromatic heterocycles. The molecule has 0 radical (unpaired) electrons. The molecule has 2 heterocycles. The summed E-state index contributed by atoms with van der Waals surface area (Å²) in [4.78, 5) is 21.4. The fraction of sp³-hybridized carbons (Fsp3) is 0.286. The molecule has 0 spiro atoms. The van der Waals surface area contributed by atoms with Gasteiger partial charge in [-0.2, -0.15) is 0 Å². The van der Waals surface area contributed by atoms with Crippen LogP contribution < -0.4 is 4.74 Å². The van der Waals surface area contributed by atoms with Crippen LogP contribution in [0.3, 0.4) is 0 Å². The first-order valence-electron chi connectivity index (χ1n) is 12.1. The van der Waals surface area contributed by atoms with Gasteiger partial charge in [-0.15, -0.1) is 0 Å². The molecule has 1 saturated heterocycles. The molecule has 0 aliphatic carbocycles. The van der Waals surface area contributed by atoms with Crippen molar-refractivity contribution in [3.63, 3.8) is 0 Å². The van der Waals surface area contributed by atoms with Crippen molar-refractivity contribution in [1.29, 1.82) is 0 Å². The van der Waals surface area contributed by atoms with E-state index in [0.29, 0.717) is 33.9 Å². The number of nitrogens with one attached hydrogen (secondary N) is 1. The Hall–Kier alpha value is -3.06. The molecule has 186 valence electrons. The third kappa shape index (κ3) is 5.84. The molecule has 8 heteroatoms. The summed E-state index contributed by atoms with van der Waals surface area (Å²) in [5, 5.41) is 10.4. The van der Waals surface area contributed by atoms with E-state index in [1.807, 2.05) is 42.5 Å². The number of hydrogen-bond donors (Lipinski definition) is 2. The van der Waals surface area contributed by atoms with Crippen LogP contribution in [-0.4, -0.2) is 45.6 Å². The largest absolute Gasteiger partial charge is 0.494 e. The lowest BCUT2D eigenvalue weighted by Crippen LogP contribution is -2.33. The lowest BCUT2D eigenvalue weighted by atomic mass is 9.93. The van der Waals surface area contributed by atoms with Crippen LogP contribution >= 0.6 is 23.2 Å². The molecule has 0 unspecified atom stereocenters. The van der Waals surface area contributed by atoms with Crippen LogP contribution in [0.2, 0.25) is 10.0 Å². The molecular weight excluding hydrogens is 497 g/mol. The number of carbonyl (C=O) groups is 1. The Morgan fingerprint density at radius 2 is 1.81 bits per heavy atom. The van der Waals surface area contributed by atoms with Crippen molar-refractivity contribution in [2.24, 2.45) is 5.92 Å². The van der Waals surface area contributed by atoms with Gasteiger partial charge in [-0.25, -0.2) is 9.78 Å². The Morgan fingerprint density at radius 1 is 1.03 bits per heavy atom. The van der Waals surface area contributed by atoms with Crippen LogP contribution in [0.25, 0.3) is 22.4 Å². The SMILES string of the molecule is O=C(O)c1ccc2nc(-c3ccc(OCCC4CCN(Cc5ccc(Cl)c(Cl)c5)CC4)cc3)[nH]c2c1. The molecule has 36 heavy (non-hydrogen) atoms. The molecule has 0 atom stereocenters. The number of H-pyrrole nitrogens is 1. The summed E-state index contributed by atoms with van der Waals surface area (Å²) in [6, 6.07) is 18.6. The normalized spacial score (nSPS) is 14.8. The first-order chi connectivity index (χ1) is 17.4. The summed E-state index contributed by atoms with van der Waals surface area (Å²) in [6.45, 7) is 3.74. The van der Waals surface area contributed by atoms with E-state index < -0.39 is 5.97 Å². The maximum atomic E-state index is 11.2. The third-order valence-corrected chi connectivity index (χ3v) is 7.49. The van der Waals surface area contributed by atoms with Gasteiger partial charge in [0.25, 0.3) is 0 Å². The molecule has 0 bridgehead atoms. The van der Waals surface area contributed by atoms with Crippen LogP contribution in [0, 0.1) is 5.92 Å². The number of rotatable bonds is 8. The van der Waals surface area contributed by atoms with Gasteiger partial charge in [0.2, 0.25) is 0 Å². The van der Waals surface area contributed by atoms with Gasteiger partial charge in [0.05, 0.1) is 33.2 Å². The monoisotopic (exact) mass is 523 g/mol. The van der Waals surface area contributed by atoms with E-state index in [1.54, 1.807) is 18.2 Å². The molecule has 0 saturated carbocycles. The van der Waals surface area contributed by atoms with Crippen LogP contribution in [0.5, 0.6) is 5.75 Å². The minimum Gasteiger partial charge on any atom is -0.494 e. The maximum absolute atomic E-state index is 11.2. The molecule has 6 nitrogen and oxygen atoms in total. The number of fused-ring (bicyclic) bond motifs is 1. The highest BCUT2D eigenvalue weighted by Crippen LogP contribution is 2.27. The smallest absolute Gasteiger partial charge is 0.335 e. The minimum absolute atomic E-state index is 0.235. The Labute approximate surface area is 219 Å². The number of carboxylic acids is 1. The fourth-order valence-electron chi connectivity index (χ4n) is 4.66. The molecule has 1 fully saturated rings. The zero-order chi connectivity index (χ0) is 25.1. The van der Waals surface area contributed by atoms with E-state index >= 15 is 0 Å². The second kappa shape index (κ2) is 10.9. The van der Waals surface area contributed by atoms with E-state index in [-0.39, 0.29) is 5.56 Å². The Kier molecular flexibility index (Phi) is 7.46. The van der Waals surface area contributed by atoms with E-state index in [4.69, 9.17) is 27.9 Å². The van der Waals surface area contributed by atoms with Crippen molar-refractivity contribution in [2.75, 3.05) is 19.7 Å². The van der Waals surface area contributed by atoms with Crippen molar-refractivity contribution in [2.45, 2.75) is 25.8 Å². The summed E-state index contributed by atoms with van der Waals surface area (Å²) in [5.41, 5.74) is 3.79. The number of likely N-dealkylation sites (tertiary alicyclic amines) is 1. The number of carboxylic acid groups (broad SMARTS) is 1. The Bertz CT molecular complexity index is 1360. The summed E-state index contributed by atoms with van der Waals surface area (Å²) < 4.78 is 6.01. The van der Waals surface area contributed by atoms with Crippen molar-refractivity contribution in [3.8, 4) is 17.1 Å². The topological polar surface area (TPSA) is 78.5 Å². The van der Waals surface area contributed by atoms with Crippen molar-refractivity contribution >= 4 is 40.2 Å². The number of aromatic amines is 1. The van der Waals surface area contributed by atoms with Gasteiger partial charge in [0, 0.05) is 12.1 Å². The van der Waals surface area contributed by atoms with Gasteiger partial charge < -0.3 is 14.8 Å². The van der Waals surface area contributed by atoms with Crippen LogP contribution in [0.15, 0.2) is 60.7 Å². The summed E-state index contributed by atoms with van der Waals surface area (Å²) in [6.07, 6.45) is 3.37. The van der Waals surface area contributed by atoms with Gasteiger partial charge in [-0.1, -0.05) is 29.3 Å². The van der Waals surface area contributed by atoms with E-state index in [9.17, 15) is 9.90 Å². The molecule has 3 aromatic carbocycles. The van der Waals surface area contributed by atoms with Gasteiger partial charge in [0.1, 0.15) is 11.6 Å². The number of piperidine rings is 1. The van der Waals surface area contributed by atoms with Gasteiger partial charge in [-0.05, 0) is 98.4 Å². The minimum atomic E-state index is -0.955. The number of halogens is 2. The predicted molar refractivity (Wildman–Crippen MR) is 143 cm³/mol. The number of nitrogens with zero attached hydrogens (tertiary/aromatic N) is 2. The number of imidazole rings is 1. The predicted octanol–water partition coefficient (Wildman–Crippen LogP) is 6.92. The molecule has 5 rings (SSSR count). The lowest BCUT2D eigenvalue weighted by Gasteiger charge is -2.32. The Morgan fingerprint density at radius 3 is 2.53 bits per heavy atom. The van der Waals surface area contributed by atoms with E-state index in [0.717, 1.165) is 42.9 Å². The number of ether oxygens (including phenoxy) is 1. The van der Waals surface area contributed by atoms with Gasteiger partial charge >= 0.3 is 5.97 Å². The fourth-order valence-corrected chi connectivity index (χ4v) is 4.98.